The largest absolute Gasteiger partial charge is 0.354 e. The summed E-state index contributed by atoms with van der Waals surface area (Å²) in [5.74, 6) is 0.405. The lowest BCUT2D eigenvalue weighted by atomic mass is 9.87. The molecule has 0 unspecified atom stereocenters. The quantitative estimate of drug-likeness (QED) is 0.644. The predicted molar refractivity (Wildman–Crippen MR) is 95.1 cm³/mol. The maximum Gasteiger partial charge on any atom is 0.248 e. The van der Waals surface area contributed by atoms with Crippen molar-refractivity contribution in [3.05, 3.63) is 48.3 Å². The van der Waals surface area contributed by atoms with Crippen LogP contribution in [-0.2, 0) is 16.8 Å². The van der Waals surface area contributed by atoms with Crippen molar-refractivity contribution in [2.75, 3.05) is 19.6 Å². The number of halogens is 1. The average Bonchev–Trinajstić information content (AvgIpc) is 3.31. The standard InChI is InChI=1S/C18H21FN6O/c19-13-2-3-14-15(12-13)24-16(23-14)4-8-21-17(26)18(5-9-20-10-6-18)25-11-1-7-22-25/h1-3,7,11-12,20H,4-6,8-10H2,(H,21,26)(H,23,24). The number of carbonyl (C=O) groups is 1. The van der Waals surface area contributed by atoms with Crippen LogP contribution < -0.4 is 10.6 Å². The number of aromatic amines is 1. The van der Waals surface area contributed by atoms with E-state index < -0.39 is 5.54 Å². The van der Waals surface area contributed by atoms with E-state index in [2.05, 4.69) is 25.7 Å². The number of nitrogens with one attached hydrogen (secondary N) is 3. The molecule has 1 aliphatic rings. The Kier molecular flexibility index (Phi) is 4.42. The highest BCUT2D eigenvalue weighted by Gasteiger charge is 2.41. The van der Waals surface area contributed by atoms with Gasteiger partial charge >= 0.3 is 0 Å². The smallest absolute Gasteiger partial charge is 0.248 e. The van der Waals surface area contributed by atoms with Gasteiger partial charge in [0, 0.05) is 25.4 Å². The van der Waals surface area contributed by atoms with Gasteiger partial charge in [0.2, 0.25) is 5.91 Å². The molecule has 0 atom stereocenters. The second kappa shape index (κ2) is 6.87. The average molecular weight is 356 g/mol. The van der Waals surface area contributed by atoms with E-state index in [1.54, 1.807) is 16.9 Å². The third kappa shape index (κ3) is 3.08. The minimum atomic E-state index is -0.647. The molecule has 3 aromatic rings. The topological polar surface area (TPSA) is 87.6 Å². The van der Waals surface area contributed by atoms with Crippen molar-refractivity contribution in [1.82, 2.24) is 30.4 Å². The van der Waals surface area contributed by atoms with Gasteiger partial charge in [0.1, 0.15) is 17.2 Å². The summed E-state index contributed by atoms with van der Waals surface area (Å²) in [7, 11) is 0. The summed E-state index contributed by atoms with van der Waals surface area (Å²) in [6.45, 7) is 2.02. The van der Waals surface area contributed by atoms with E-state index in [0.29, 0.717) is 31.3 Å². The molecule has 3 N–H and O–H groups in total. The van der Waals surface area contributed by atoms with Crippen molar-refractivity contribution < 1.29 is 9.18 Å². The Balaban J connectivity index is 1.43. The van der Waals surface area contributed by atoms with Crippen molar-refractivity contribution in [2.45, 2.75) is 24.8 Å². The first-order chi connectivity index (χ1) is 12.7. The maximum atomic E-state index is 13.3. The number of imidazole rings is 1. The van der Waals surface area contributed by atoms with Crippen LogP contribution in [0, 0.1) is 5.82 Å². The van der Waals surface area contributed by atoms with Crippen molar-refractivity contribution in [2.24, 2.45) is 0 Å². The molecule has 4 rings (SSSR count). The molecule has 0 spiro atoms. The zero-order valence-electron chi connectivity index (χ0n) is 14.3. The lowest BCUT2D eigenvalue weighted by molar-refractivity contribution is -0.131. The fraction of sp³-hybridized carbons (Fsp3) is 0.389. The van der Waals surface area contributed by atoms with E-state index in [0.717, 1.165) is 24.4 Å². The summed E-state index contributed by atoms with van der Waals surface area (Å²) in [5, 5.41) is 10.6. The number of benzene rings is 1. The molecule has 2 aromatic heterocycles. The van der Waals surface area contributed by atoms with E-state index in [1.165, 1.54) is 12.1 Å². The Morgan fingerprint density at radius 3 is 2.96 bits per heavy atom. The summed E-state index contributed by atoms with van der Waals surface area (Å²) >= 11 is 0. The number of piperidine rings is 1. The number of carbonyl (C=O) groups excluding carboxylic acids is 1. The summed E-state index contributed by atoms with van der Waals surface area (Å²) in [6.07, 6.45) is 5.49. The van der Waals surface area contributed by atoms with Crippen molar-refractivity contribution in [1.29, 1.82) is 0 Å². The van der Waals surface area contributed by atoms with Crippen LogP contribution >= 0.6 is 0 Å². The zero-order valence-corrected chi connectivity index (χ0v) is 14.3. The molecule has 0 radical (unpaired) electrons. The lowest BCUT2D eigenvalue weighted by Crippen LogP contribution is -2.54. The molecule has 1 saturated heterocycles. The van der Waals surface area contributed by atoms with Gasteiger partial charge in [-0.2, -0.15) is 5.10 Å². The Labute approximate surface area is 150 Å². The molecule has 0 saturated carbocycles. The third-order valence-electron chi connectivity index (χ3n) is 4.94. The number of fused-ring (bicyclic) bond motifs is 1. The first kappa shape index (κ1) is 16.7. The summed E-state index contributed by atoms with van der Waals surface area (Å²) in [4.78, 5) is 20.5. The molecular formula is C18H21FN6O. The molecule has 8 heteroatoms. The fourth-order valence-electron chi connectivity index (χ4n) is 3.53. The van der Waals surface area contributed by atoms with Gasteiger partial charge in [-0.3, -0.25) is 9.48 Å². The minimum absolute atomic E-state index is 0.0233. The van der Waals surface area contributed by atoms with Gasteiger partial charge in [-0.25, -0.2) is 9.37 Å². The van der Waals surface area contributed by atoms with Gasteiger partial charge in [0.05, 0.1) is 11.0 Å². The summed E-state index contributed by atoms with van der Waals surface area (Å²) < 4.78 is 15.0. The highest BCUT2D eigenvalue weighted by Crippen LogP contribution is 2.27. The number of hydrogen-bond acceptors (Lipinski definition) is 4. The number of H-pyrrole nitrogens is 1. The number of amides is 1. The third-order valence-corrected chi connectivity index (χ3v) is 4.94. The Hall–Kier alpha value is -2.74. The Morgan fingerprint density at radius 1 is 1.35 bits per heavy atom. The van der Waals surface area contributed by atoms with Gasteiger partial charge in [0.15, 0.2) is 0 Å². The van der Waals surface area contributed by atoms with Crippen LogP contribution in [0.3, 0.4) is 0 Å². The molecule has 26 heavy (non-hydrogen) atoms. The predicted octanol–water partition coefficient (Wildman–Crippen LogP) is 1.34. The van der Waals surface area contributed by atoms with E-state index in [-0.39, 0.29) is 11.7 Å². The highest BCUT2D eigenvalue weighted by molar-refractivity contribution is 5.84. The normalized spacial score (nSPS) is 16.7. The first-order valence-corrected chi connectivity index (χ1v) is 8.81. The SMILES string of the molecule is O=C(NCCc1nc2ccc(F)cc2[nH]1)C1(n2cccn2)CCNCC1. The molecule has 7 nitrogen and oxygen atoms in total. The molecular weight excluding hydrogens is 335 g/mol. The fourth-order valence-corrected chi connectivity index (χ4v) is 3.53. The van der Waals surface area contributed by atoms with Crippen molar-refractivity contribution >= 4 is 16.9 Å². The van der Waals surface area contributed by atoms with Gasteiger partial charge < -0.3 is 15.6 Å². The second-order valence-corrected chi connectivity index (χ2v) is 6.58. The molecule has 0 bridgehead atoms. The molecule has 3 heterocycles. The number of nitrogens with zero attached hydrogens (tertiary/aromatic N) is 3. The Bertz CT molecular complexity index is 898. The lowest BCUT2D eigenvalue weighted by Gasteiger charge is -2.36. The van der Waals surface area contributed by atoms with Gasteiger partial charge in [-0.15, -0.1) is 0 Å². The molecule has 1 amide bonds. The van der Waals surface area contributed by atoms with Crippen LogP contribution in [0.25, 0.3) is 11.0 Å². The monoisotopic (exact) mass is 356 g/mol. The van der Waals surface area contributed by atoms with E-state index >= 15 is 0 Å². The van der Waals surface area contributed by atoms with Gasteiger partial charge in [-0.05, 0) is 50.2 Å². The van der Waals surface area contributed by atoms with Crippen LogP contribution in [0.2, 0.25) is 0 Å². The van der Waals surface area contributed by atoms with Crippen molar-refractivity contribution in [3.8, 4) is 0 Å². The molecule has 0 aliphatic carbocycles. The summed E-state index contributed by atoms with van der Waals surface area (Å²) in [6, 6.07) is 6.29. The number of hydrogen-bond donors (Lipinski definition) is 3. The molecule has 1 aromatic carbocycles. The summed E-state index contributed by atoms with van der Waals surface area (Å²) in [5.41, 5.74) is 0.739. The number of rotatable bonds is 5. The van der Waals surface area contributed by atoms with E-state index in [4.69, 9.17) is 0 Å². The van der Waals surface area contributed by atoms with E-state index in [9.17, 15) is 9.18 Å². The van der Waals surface area contributed by atoms with Gasteiger partial charge in [0.25, 0.3) is 0 Å². The second-order valence-electron chi connectivity index (χ2n) is 6.58. The maximum absolute atomic E-state index is 13.3. The number of aromatic nitrogens is 4. The Morgan fingerprint density at radius 2 is 2.19 bits per heavy atom. The minimum Gasteiger partial charge on any atom is -0.354 e. The van der Waals surface area contributed by atoms with Crippen LogP contribution in [0.4, 0.5) is 4.39 Å². The molecule has 1 fully saturated rings. The van der Waals surface area contributed by atoms with Crippen LogP contribution in [-0.4, -0.2) is 45.3 Å². The van der Waals surface area contributed by atoms with Crippen LogP contribution in [0.1, 0.15) is 18.7 Å². The zero-order chi connectivity index (χ0) is 18.0. The molecule has 136 valence electrons. The van der Waals surface area contributed by atoms with Crippen molar-refractivity contribution in [3.63, 3.8) is 0 Å². The first-order valence-electron chi connectivity index (χ1n) is 8.81. The van der Waals surface area contributed by atoms with Crippen LogP contribution in [0.15, 0.2) is 36.7 Å². The van der Waals surface area contributed by atoms with Gasteiger partial charge in [-0.1, -0.05) is 0 Å². The van der Waals surface area contributed by atoms with E-state index in [1.807, 2.05) is 12.3 Å². The van der Waals surface area contributed by atoms with Crippen LogP contribution in [0.5, 0.6) is 0 Å². The molecule has 1 aliphatic heterocycles. The highest BCUT2D eigenvalue weighted by atomic mass is 19.1.